The van der Waals surface area contributed by atoms with Crippen LogP contribution in [0.25, 0.3) is 0 Å². The van der Waals surface area contributed by atoms with E-state index in [9.17, 15) is 23.8 Å². The summed E-state index contributed by atoms with van der Waals surface area (Å²) in [5, 5.41) is 23.5. The second-order valence-corrected chi connectivity index (χ2v) is 14.8. The fourth-order valence-electron chi connectivity index (χ4n) is 8.66. The number of carbonyl (C=O) groups is 1. The van der Waals surface area contributed by atoms with Crippen molar-refractivity contribution in [2.75, 3.05) is 19.6 Å². The fraction of sp³-hybridized carbons (Fsp3) is 0.488. The smallest absolute Gasteiger partial charge is 0.193 e. The predicted molar refractivity (Wildman–Crippen MR) is 183 cm³/mol. The van der Waals surface area contributed by atoms with Crippen molar-refractivity contribution in [2.24, 2.45) is 11.3 Å². The Kier molecular flexibility index (Phi) is 10.1. The maximum Gasteiger partial charge on any atom is 0.193 e. The zero-order chi connectivity index (χ0) is 33.2. The first-order valence-electron chi connectivity index (χ1n) is 17.5. The van der Waals surface area contributed by atoms with Crippen LogP contribution in [0.15, 0.2) is 78.4 Å². The molecule has 0 radical (unpaired) electrons. The molecule has 7 rings (SSSR count). The van der Waals surface area contributed by atoms with Crippen LogP contribution in [0.1, 0.15) is 104 Å². The van der Waals surface area contributed by atoms with Crippen LogP contribution in [-0.4, -0.2) is 52.2 Å². The first-order valence-corrected chi connectivity index (χ1v) is 17.5. The number of piperidine rings is 1. The number of aliphatic hydroxyl groups excluding tert-OH is 1. The van der Waals surface area contributed by atoms with E-state index in [1.165, 1.54) is 17.2 Å². The molecule has 0 spiro atoms. The molecular formula is C41H49F2NO3. The van der Waals surface area contributed by atoms with Crippen LogP contribution in [0.2, 0.25) is 0 Å². The van der Waals surface area contributed by atoms with Crippen LogP contribution < -0.4 is 0 Å². The second-order valence-electron chi connectivity index (χ2n) is 14.8. The van der Waals surface area contributed by atoms with Gasteiger partial charge >= 0.3 is 0 Å². The van der Waals surface area contributed by atoms with Crippen molar-refractivity contribution in [3.8, 4) is 0 Å². The van der Waals surface area contributed by atoms with E-state index in [0.717, 1.165) is 81.3 Å². The van der Waals surface area contributed by atoms with E-state index in [1.54, 1.807) is 0 Å². The zero-order valence-electron chi connectivity index (χ0n) is 27.9. The summed E-state index contributed by atoms with van der Waals surface area (Å²) in [7, 11) is 0. The average molecular weight is 642 g/mol. The molecule has 3 aliphatic carbocycles. The van der Waals surface area contributed by atoms with Crippen molar-refractivity contribution in [3.63, 3.8) is 0 Å². The molecule has 6 heteroatoms. The summed E-state index contributed by atoms with van der Waals surface area (Å²) in [4.78, 5) is 16.5. The summed E-state index contributed by atoms with van der Waals surface area (Å²) in [6.45, 7) is 6.82. The lowest BCUT2D eigenvalue weighted by Gasteiger charge is -2.47. The third-order valence-electron chi connectivity index (χ3n) is 11.7. The number of fused-ring (bicyclic) bond motifs is 8. The molecular weight excluding hydrogens is 592 g/mol. The standard InChI is InChI=1S/C41H49F2NO3/c1-28-7-6-19-40(2)36(16-20-41(40,47)27-44-21-17-30(18-22-44)23-29-8-4-3-5-9-29)34-14-11-31(24-33(45)13-10-28)25-35(34)39(46)32-12-15-37(42)38(43)26-32/h3-5,7-9,11-12,14-15,25-26,30,33,36,45,47H,6,10,13,16-24,27H2,1-2H3. The molecule has 1 saturated carbocycles. The third-order valence-corrected chi connectivity index (χ3v) is 11.7. The van der Waals surface area contributed by atoms with Gasteiger partial charge in [0, 0.05) is 23.1 Å². The quantitative estimate of drug-likeness (QED) is 0.211. The van der Waals surface area contributed by atoms with E-state index in [2.05, 4.69) is 55.2 Å². The van der Waals surface area contributed by atoms with Gasteiger partial charge in [0.1, 0.15) is 0 Å². The van der Waals surface area contributed by atoms with Gasteiger partial charge in [0.2, 0.25) is 0 Å². The number of rotatable bonds is 6. The van der Waals surface area contributed by atoms with Gasteiger partial charge in [-0.15, -0.1) is 0 Å². The van der Waals surface area contributed by atoms with E-state index in [1.807, 2.05) is 18.2 Å². The second kappa shape index (κ2) is 14.1. The Morgan fingerprint density at radius 1 is 0.936 bits per heavy atom. The van der Waals surface area contributed by atoms with Gasteiger partial charge in [0.05, 0.1) is 11.7 Å². The SMILES string of the molecule is CC1=CCCC2(C)C(CCC2(O)CN2CCC(Cc3ccccc3)CC2)c2ccc(cc2C(=O)c2ccc(F)c(F)c2)CC(O)CC1. The normalized spacial score (nSPS) is 27.7. The largest absolute Gasteiger partial charge is 0.393 e. The number of aliphatic hydroxyl groups is 2. The van der Waals surface area contributed by atoms with Crippen LogP contribution in [0.3, 0.4) is 0 Å². The van der Waals surface area contributed by atoms with Crippen LogP contribution in [0.4, 0.5) is 8.78 Å². The lowest BCUT2D eigenvalue weighted by atomic mass is 9.64. The summed E-state index contributed by atoms with van der Waals surface area (Å²) in [6, 6.07) is 19.8. The molecule has 3 aromatic carbocycles. The maximum absolute atomic E-state index is 14.3. The summed E-state index contributed by atoms with van der Waals surface area (Å²) >= 11 is 0. The molecule has 0 amide bonds. The predicted octanol–water partition coefficient (Wildman–Crippen LogP) is 8.19. The molecule has 3 aromatic rings. The van der Waals surface area contributed by atoms with Crippen molar-refractivity contribution in [3.05, 3.63) is 118 Å². The Balaban J connectivity index is 1.31. The van der Waals surface area contributed by atoms with Gasteiger partial charge in [-0.05, 0) is 137 Å². The highest BCUT2D eigenvalue weighted by atomic mass is 19.2. The molecule has 1 heterocycles. The number of carbonyl (C=O) groups excluding carboxylic acids is 1. The Bertz CT molecular complexity index is 1600. The zero-order valence-corrected chi connectivity index (χ0v) is 27.9. The highest BCUT2D eigenvalue weighted by molar-refractivity contribution is 6.10. The molecule has 0 aromatic heterocycles. The van der Waals surface area contributed by atoms with Crippen LogP contribution in [-0.2, 0) is 12.8 Å². The van der Waals surface area contributed by atoms with E-state index in [-0.39, 0.29) is 17.3 Å². The average Bonchev–Trinajstić information content (AvgIpc) is 3.31. The monoisotopic (exact) mass is 641 g/mol. The summed E-state index contributed by atoms with van der Waals surface area (Å²) < 4.78 is 28.1. The van der Waals surface area contributed by atoms with Crippen molar-refractivity contribution in [1.29, 1.82) is 0 Å². The highest BCUT2D eigenvalue weighted by Gasteiger charge is 2.57. The van der Waals surface area contributed by atoms with E-state index in [0.29, 0.717) is 37.3 Å². The van der Waals surface area contributed by atoms with Gasteiger partial charge < -0.3 is 15.1 Å². The molecule has 4 aliphatic rings. The Hall–Kier alpha value is -3.19. The minimum atomic E-state index is -1.05. The minimum absolute atomic E-state index is 0.0934. The van der Waals surface area contributed by atoms with Crippen LogP contribution in [0.5, 0.6) is 0 Å². The first kappa shape index (κ1) is 33.7. The Morgan fingerprint density at radius 2 is 1.70 bits per heavy atom. The fourth-order valence-corrected chi connectivity index (χ4v) is 8.66. The van der Waals surface area contributed by atoms with Gasteiger partial charge in [-0.3, -0.25) is 4.79 Å². The van der Waals surface area contributed by atoms with Crippen LogP contribution >= 0.6 is 0 Å². The van der Waals surface area contributed by atoms with Crippen molar-refractivity contribution in [2.45, 2.75) is 95.7 Å². The molecule has 4 nitrogen and oxygen atoms in total. The molecule has 2 fully saturated rings. The number of benzene rings is 3. The number of β-amino-alcohol motifs (C(OH)–C–C–N with tert-alkyl or cyclic N) is 1. The number of ketones is 1. The highest BCUT2D eigenvalue weighted by Crippen LogP contribution is 2.59. The van der Waals surface area contributed by atoms with Gasteiger partial charge in [0.15, 0.2) is 17.4 Å². The molecule has 2 N–H and O–H groups in total. The number of hydrogen-bond acceptors (Lipinski definition) is 4. The number of hydrogen-bond donors (Lipinski definition) is 2. The van der Waals surface area contributed by atoms with Crippen LogP contribution in [0, 0.1) is 23.0 Å². The van der Waals surface area contributed by atoms with Crippen molar-refractivity contribution in [1.82, 2.24) is 4.90 Å². The lowest BCUT2D eigenvalue weighted by molar-refractivity contribution is -0.0873. The summed E-state index contributed by atoms with van der Waals surface area (Å²) in [5.41, 5.74) is 3.36. The van der Waals surface area contributed by atoms with Gasteiger partial charge in [0.25, 0.3) is 0 Å². The summed E-state index contributed by atoms with van der Waals surface area (Å²) in [5.74, 6) is -1.88. The lowest BCUT2D eigenvalue weighted by Crippen LogP contribution is -2.53. The molecule has 2 bridgehead atoms. The minimum Gasteiger partial charge on any atom is -0.393 e. The molecule has 250 valence electrons. The molecule has 4 atom stereocenters. The number of nitrogens with zero attached hydrogens (tertiary/aromatic N) is 1. The number of likely N-dealkylation sites (tertiary alicyclic amines) is 1. The Labute approximate surface area is 278 Å². The van der Waals surface area contributed by atoms with Crippen molar-refractivity contribution < 1.29 is 23.8 Å². The van der Waals surface area contributed by atoms with E-state index in [4.69, 9.17) is 0 Å². The Morgan fingerprint density at radius 3 is 2.45 bits per heavy atom. The topological polar surface area (TPSA) is 60.8 Å². The summed E-state index contributed by atoms with van der Waals surface area (Å²) in [6.07, 6.45) is 9.68. The number of halogens is 2. The number of allylic oxidation sites excluding steroid dienone is 2. The molecule has 1 saturated heterocycles. The third kappa shape index (κ3) is 7.30. The van der Waals surface area contributed by atoms with Gasteiger partial charge in [-0.1, -0.05) is 61.0 Å². The first-order chi connectivity index (χ1) is 22.5. The van der Waals surface area contributed by atoms with Gasteiger partial charge in [-0.25, -0.2) is 8.78 Å². The van der Waals surface area contributed by atoms with E-state index >= 15 is 0 Å². The van der Waals surface area contributed by atoms with Gasteiger partial charge in [-0.2, -0.15) is 0 Å². The molecule has 47 heavy (non-hydrogen) atoms. The molecule has 4 unspecified atom stereocenters. The van der Waals surface area contributed by atoms with E-state index < -0.39 is 28.8 Å². The maximum atomic E-state index is 14.3. The molecule has 1 aliphatic heterocycles. The van der Waals surface area contributed by atoms with Crippen molar-refractivity contribution >= 4 is 5.78 Å².